The second-order valence-corrected chi connectivity index (χ2v) is 18.5. The van der Waals surface area contributed by atoms with Crippen LogP contribution in [0.4, 0.5) is 0 Å². The van der Waals surface area contributed by atoms with Crippen LogP contribution in [0.2, 0.25) is 0 Å². The van der Waals surface area contributed by atoms with Crippen LogP contribution in [0.5, 0.6) is 0 Å². The van der Waals surface area contributed by atoms with E-state index in [-0.39, 0.29) is 31.1 Å². The van der Waals surface area contributed by atoms with Gasteiger partial charge in [0.05, 0.1) is 0 Å². The van der Waals surface area contributed by atoms with E-state index in [9.17, 15) is 14.4 Å². The van der Waals surface area contributed by atoms with E-state index in [1.54, 1.807) is 0 Å². The second-order valence-electron chi connectivity index (χ2n) is 18.5. The van der Waals surface area contributed by atoms with Gasteiger partial charge in [-0.1, -0.05) is 231 Å². The molecule has 0 radical (unpaired) electrons. The first-order valence-electron chi connectivity index (χ1n) is 27.3. The van der Waals surface area contributed by atoms with Gasteiger partial charge in [-0.15, -0.1) is 0 Å². The van der Waals surface area contributed by atoms with E-state index >= 15 is 0 Å². The Morgan fingerprint density at radius 3 is 0.806 bits per heavy atom. The summed E-state index contributed by atoms with van der Waals surface area (Å²) in [5.74, 6) is -0.870. The van der Waals surface area contributed by atoms with E-state index in [0.717, 1.165) is 64.2 Å². The lowest BCUT2D eigenvalue weighted by Gasteiger charge is -2.18. The molecule has 0 bridgehead atoms. The van der Waals surface area contributed by atoms with Gasteiger partial charge < -0.3 is 14.2 Å². The van der Waals surface area contributed by atoms with Crippen LogP contribution in [0, 0.1) is 0 Å². The standard InChI is InChI=1S/C56H104O6/c1-4-7-10-13-16-19-22-25-27-28-30-31-34-37-40-43-46-49-55(58)61-52-53(51-60-54(57)48-45-42-39-36-33-24-21-18-15-12-9-6-3)62-56(59)50-47-44-41-38-35-32-29-26-23-20-17-14-11-8-5-2/h25-27,29,53H,4-24,28,30-52H2,1-3H3/b27-25-,29-26-/t53-/m1/s1. The molecule has 364 valence electrons. The number of carbonyl (C=O) groups excluding carboxylic acids is 3. The third-order valence-electron chi connectivity index (χ3n) is 12.2. The Bertz CT molecular complexity index is 1000. The SMILES string of the molecule is CCCCCCCC/C=C\CCCCCCCCCC(=O)OC[C@@H](COC(=O)CCCCCCCCCCCCCC)OC(=O)CCCCCCC/C=C\CCCCCCCC. The molecule has 0 aromatic carbocycles. The summed E-state index contributed by atoms with van der Waals surface area (Å²) in [6.07, 6.45) is 58.7. The lowest BCUT2D eigenvalue weighted by molar-refractivity contribution is -0.167. The highest BCUT2D eigenvalue weighted by Crippen LogP contribution is 2.16. The largest absolute Gasteiger partial charge is 0.462 e. The van der Waals surface area contributed by atoms with Crippen LogP contribution in [-0.4, -0.2) is 37.2 Å². The van der Waals surface area contributed by atoms with Crippen molar-refractivity contribution in [1.29, 1.82) is 0 Å². The van der Waals surface area contributed by atoms with Crippen molar-refractivity contribution in [3.8, 4) is 0 Å². The average Bonchev–Trinajstić information content (AvgIpc) is 3.27. The fraction of sp³-hybridized carbons (Fsp3) is 0.875. The molecule has 0 saturated carbocycles. The van der Waals surface area contributed by atoms with Crippen LogP contribution in [0.1, 0.15) is 297 Å². The van der Waals surface area contributed by atoms with Crippen molar-refractivity contribution >= 4 is 17.9 Å². The Morgan fingerprint density at radius 1 is 0.306 bits per heavy atom. The van der Waals surface area contributed by atoms with Crippen LogP contribution in [0.3, 0.4) is 0 Å². The zero-order valence-electron chi connectivity index (χ0n) is 41.7. The topological polar surface area (TPSA) is 78.9 Å². The Morgan fingerprint density at radius 2 is 0.532 bits per heavy atom. The smallest absolute Gasteiger partial charge is 0.306 e. The lowest BCUT2D eigenvalue weighted by Crippen LogP contribution is -2.30. The lowest BCUT2D eigenvalue weighted by atomic mass is 10.0. The maximum atomic E-state index is 12.8. The van der Waals surface area contributed by atoms with E-state index in [1.807, 2.05) is 0 Å². The van der Waals surface area contributed by atoms with Crippen molar-refractivity contribution in [1.82, 2.24) is 0 Å². The number of esters is 3. The van der Waals surface area contributed by atoms with E-state index in [2.05, 4.69) is 45.1 Å². The molecule has 62 heavy (non-hydrogen) atoms. The Balaban J connectivity index is 4.34. The number of allylic oxidation sites excluding steroid dienone is 4. The molecule has 0 aliphatic rings. The first kappa shape index (κ1) is 59.9. The highest BCUT2D eigenvalue weighted by Gasteiger charge is 2.19. The molecule has 0 aromatic rings. The van der Waals surface area contributed by atoms with Crippen molar-refractivity contribution in [3.05, 3.63) is 24.3 Å². The van der Waals surface area contributed by atoms with Gasteiger partial charge in [-0.25, -0.2) is 0 Å². The summed E-state index contributed by atoms with van der Waals surface area (Å²) in [6, 6.07) is 0. The molecule has 0 aliphatic carbocycles. The molecule has 0 aromatic heterocycles. The summed E-state index contributed by atoms with van der Waals surface area (Å²) in [6.45, 7) is 6.65. The number of unbranched alkanes of at least 4 members (excludes halogenated alkanes) is 35. The first-order chi connectivity index (χ1) is 30.5. The quantitative estimate of drug-likeness (QED) is 0.0262. The zero-order chi connectivity index (χ0) is 45.1. The summed E-state index contributed by atoms with van der Waals surface area (Å²) in [7, 11) is 0. The molecule has 0 unspecified atom stereocenters. The highest BCUT2D eigenvalue weighted by molar-refractivity contribution is 5.71. The van der Waals surface area contributed by atoms with Crippen LogP contribution in [0.15, 0.2) is 24.3 Å². The normalized spacial score (nSPS) is 12.1. The second kappa shape index (κ2) is 51.5. The van der Waals surface area contributed by atoms with Gasteiger partial charge in [0.15, 0.2) is 6.10 Å². The van der Waals surface area contributed by atoms with Crippen molar-refractivity contribution < 1.29 is 28.6 Å². The zero-order valence-corrected chi connectivity index (χ0v) is 41.7. The summed E-state index contributed by atoms with van der Waals surface area (Å²) < 4.78 is 16.8. The predicted molar refractivity (Wildman–Crippen MR) is 266 cm³/mol. The maximum Gasteiger partial charge on any atom is 0.306 e. The number of ether oxygens (including phenoxy) is 3. The molecular weight excluding hydrogens is 769 g/mol. The Hall–Kier alpha value is -2.11. The first-order valence-corrected chi connectivity index (χ1v) is 27.3. The van der Waals surface area contributed by atoms with Gasteiger partial charge >= 0.3 is 17.9 Å². The molecule has 1 atom stereocenters. The van der Waals surface area contributed by atoms with Gasteiger partial charge in [-0.2, -0.15) is 0 Å². The summed E-state index contributed by atoms with van der Waals surface area (Å²) in [5.41, 5.74) is 0. The van der Waals surface area contributed by atoms with Gasteiger partial charge in [0.1, 0.15) is 13.2 Å². The van der Waals surface area contributed by atoms with Gasteiger partial charge in [0.2, 0.25) is 0 Å². The molecule has 0 aliphatic heterocycles. The molecule has 6 nitrogen and oxygen atoms in total. The van der Waals surface area contributed by atoms with E-state index in [1.165, 1.54) is 193 Å². The molecule has 0 spiro atoms. The number of hydrogen-bond donors (Lipinski definition) is 0. The number of carbonyl (C=O) groups is 3. The van der Waals surface area contributed by atoms with E-state index < -0.39 is 6.10 Å². The minimum absolute atomic E-state index is 0.0720. The van der Waals surface area contributed by atoms with Crippen LogP contribution in [-0.2, 0) is 28.6 Å². The summed E-state index contributed by atoms with van der Waals surface area (Å²) >= 11 is 0. The fourth-order valence-electron chi connectivity index (χ4n) is 8.02. The number of hydrogen-bond acceptors (Lipinski definition) is 6. The van der Waals surface area contributed by atoms with E-state index in [0.29, 0.717) is 19.3 Å². The van der Waals surface area contributed by atoms with Gasteiger partial charge in [-0.3, -0.25) is 14.4 Å². The van der Waals surface area contributed by atoms with Crippen LogP contribution in [0.25, 0.3) is 0 Å². The van der Waals surface area contributed by atoms with Gasteiger partial charge in [-0.05, 0) is 70.6 Å². The fourth-order valence-corrected chi connectivity index (χ4v) is 8.02. The molecule has 0 N–H and O–H groups in total. The molecule has 0 heterocycles. The molecular formula is C56H104O6. The molecule has 0 amide bonds. The molecule has 0 fully saturated rings. The van der Waals surface area contributed by atoms with Crippen LogP contribution < -0.4 is 0 Å². The van der Waals surface area contributed by atoms with Crippen molar-refractivity contribution in [2.75, 3.05) is 13.2 Å². The summed E-state index contributed by atoms with van der Waals surface area (Å²) in [4.78, 5) is 38.0. The summed E-state index contributed by atoms with van der Waals surface area (Å²) in [5, 5.41) is 0. The molecule has 6 heteroatoms. The van der Waals surface area contributed by atoms with Crippen molar-refractivity contribution in [3.63, 3.8) is 0 Å². The Kier molecular flexibility index (Phi) is 49.8. The third kappa shape index (κ3) is 48.9. The molecule has 0 saturated heterocycles. The minimum atomic E-state index is -0.772. The Labute approximate surface area is 385 Å². The van der Waals surface area contributed by atoms with Gasteiger partial charge in [0.25, 0.3) is 0 Å². The number of rotatable bonds is 50. The molecule has 0 rings (SSSR count). The third-order valence-corrected chi connectivity index (χ3v) is 12.2. The highest BCUT2D eigenvalue weighted by atomic mass is 16.6. The van der Waals surface area contributed by atoms with Crippen LogP contribution >= 0.6 is 0 Å². The maximum absolute atomic E-state index is 12.8. The monoisotopic (exact) mass is 873 g/mol. The van der Waals surface area contributed by atoms with Gasteiger partial charge in [0, 0.05) is 19.3 Å². The predicted octanol–water partition coefficient (Wildman–Crippen LogP) is 17.9. The minimum Gasteiger partial charge on any atom is -0.462 e. The average molecular weight is 873 g/mol. The van der Waals surface area contributed by atoms with E-state index in [4.69, 9.17) is 14.2 Å². The van der Waals surface area contributed by atoms with Crippen molar-refractivity contribution in [2.24, 2.45) is 0 Å². The van der Waals surface area contributed by atoms with Crippen molar-refractivity contribution in [2.45, 2.75) is 303 Å².